The van der Waals surface area contributed by atoms with Crippen LogP contribution < -0.4 is 5.73 Å². The molecule has 2 heterocycles. The van der Waals surface area contributed by atoms with E-state index in [0.717, 1.165) is 0 Å². The highest BCUT2D eigenvalue weighted by Gasteiger charge is 2.21. The van der Waals surface area contributed by atoms with Crippen LogP contribution in [0.4, 0.5) is 0 Å². The molecule has 0 aromatic carbocycles. The van der Waals surface area contributed by atoms with Crippen LogP contribution in [0.1, 0.15) is 17.8 Å². The molecule has 0 saturated carbocycles. The predicted molar refractivity (Wildman–Crippen MR) is 49.2 cm³/mol. The van der Waals surface area contributed by atoms with Gasteiger partial charge in [0.05, 0.1) is 13.2 Å². The van der Waals surface area contributed by atoms with Crippen molar-refractivity contribution in [1.29, 1.82) is 0 Å². The van der Waals surface area contributed by atoms with Crippen molar-refractivity contribution in [3.8, 4) is 0 Å². The lowest BCUT2D eigenvalue weighted by molar-refractivity contribution is -0.0589. The summed E-state index contributed by atoms with van der Waals surface area (Å²) in [6, 6.07) is 3.47. The number of furan rings is 1. The maximum atomic E-state index is 5.38. The number of hydrogen-bond donors (Lipinski definition) is 1. The molecule has 13 heavy (non-hydrogen) atoms. The van der Waals surface area contributed by atoms with Gasteiger partial charge >= 0.3 is 0 Å². The van der Waals surface area contributed by atoms with Gasteiger partial charge in [-0.15, -0.1) is 0 Å². The van der Waals surface area contributed by atoms with Crippen LogP contribution in [0.5, 0.6) is 0 Å². The average molecular weight is 199 g/mol. The molecule has 2 rings (SSSR count). The topological polar surface area (TPSA) is 57.6 Å². The normalized spacial score (nSPS) is 17.8. The van der Waals surface area contributed by atoms with Gasteiger partial charge < -0.3 is 19.6 Å². The van der Waals surface area contributed by atoms with Gasteiger partial charge in [0.25, 0.3) is 0 Å². The van der Waals surface area contributed by atoms with Gasteiger partial charge in [-0.25, -0.2) is 0 Å². The van der Waals surface area contributed by atoms with Crippen LogP contribution in [0.2, 0.25) is 0 Å². The fraction of sp³-hybridized carbons (Fsp3) is 0.375. The SMILES string of the molecule is NC(=S)c1ccc(C2OCCO2)o1. The fourth-order valence-corrected chi connectivity index (χ4v) is 1.24. The summed E-state index contributed by atoms with van der Waals surface area (Å²) in [5, 5.41) is 0. The molecular formula is C8H9NO3S. The maximum absolute atomic E-state index is 5.38. The Morgan fingerprint density at radius 3 is 2.62 bits per heavy atom. The minimum atomic E-state index is -0.400. The van der Waals surface area contributed by atoms with E-state index in [1.165, 1.54) is 0 Å². The second-order valence-corrected chi connectivity index (χ2v) is 3.08. The minimum absolute atomic E-state index is 0.240. The van der Waals surface area contributed by atoms with E-state index in [-0.39, 0.29) is 4.99 Å². The monoisotopic (exact) mass is 199 g/mol. The molecule has 0 amide bonds. The third kappa shape index (κ3) is 1.72. The molecule has 4 nitrogen and oxygen atoms in total. The summed E-state index contributed by atoms with van der Waals surface area (Å²) < 4.78 is 15.8. The Morgan fingerprint density at radius 1 is 1.38 bits per heavy atom. The van der Waals surface area contributed by atoms with Crippen molar-refractivity contribution in [3.63, 3.8) is 0 Å². The summed E-state index contributed by atoms with van der Waals surface area (Å²) in [4.78, 5) is 0.240. The van der Waals surface area contributed by atoms with Gasteiger partial charge in [0.15, 0.2) is 11.5 Å². The minimum Gasteiger partial charge on any atom is -0.453 e. The van der Waals surface area contributed by atoms with Crippen LogP contribution in [0.15, 0.2) is 16.5 Å². The van der Waals surface area contributed by atoms with Crippen molar-refractivity contribution < 1.29 is 13.9 Å². The van der Waals surface area contributed by atoms with Crippen LogP contribution in [-0.2, 0) is 9.47 Å². The van der Waals surface area contributed by atoms with Gasteiger partial charge in [0.1, 0.15) is 4.99 Å². The van der Waals surface area contributed by atoms with Crippen LogP contribution in [0, 0.1) is 0 Å². The summed E-state index contributed by atoms with van der Waals surface area (Å²) in [6.07, 6.45) is -0.400. The van der Waals surface area contributed by atoms with Crippen LogP contribution in [0.25, 0.3) is 0 Å². The summed E-state index contributed by atoms with van der Waals surface area (Å²) in [5.41, 5.74) is 5.38. The highest BCUT2D eigenvalue weighted by Crippen LogP contribution is 2.24. The van der Waals surface area contributed by atoms with Gasteiger partial charge in [0.2, 0.25) is 6.29 Å². The van der Waals surface area contributed by atoms with Gasteiger partial charge in [0, 0.05) is 0 Å². The molecule has 0 spiro atoms. The first-order chi connectivity index (χ1) is 6.27. The van der Waals surface area contributed by atoms with E-state index < -0.39 is 6.29 Å². The zero-order valence-electron chi connectivity index (χ0n) is 6.86. The number of rotatable bonds is 2. The number of ether oxygens (including phenoxy) is 2. The summed E-state index contributed by atoms with van der Waals surface area (Å²) in [5.74, 6) is 1.10. The molecule has 1 fully saturated rings. The second kappa shape index (κ2) is 3.45. The van der Waals surface area contributed by atoms with Crippen LogP contribution in [0.3, 0.4) is 0 Å². The van der Waals surface area contributed by atoms with E-state index in [1.807, 2.05) is 0 Å². The van der Waals surface area contributed by atoms with E-state index >= 15 is 0 Å². The van der Waals surface area contributed by atoms with E-state index in [4.69, 9.17) is 31.8 Å². The molecule has 0 atom stereocenters. The molecule has 1 aliphatic rings. The van der Waals surface area contributed by atoms with Gasteiger partial charge in [-0.05, 0) is 12.1 Å². The molecule has 0 radical (unpaired) electrons. The van der Waals surface area contributed by atoms with Crippen LogP contribution >= 0.6 is 12.2 Å². The first-order valence-electron chi connectivity index (χ1n) is 3.90. The Hall–Kier alpha value is -0.910. The Balaban J connectivity index is 2.16. The largest absolute Gasteiger partial charge is 0.453 e. The van der Waals surface area contributed by atoms with E-state index in [2.05, 4.69) is 0 Å². The molecule has 1 aromatic heterocycles. The fourth-order valence-electron chi connectivity index (χ4n) is 1.13. The Kier molecular flexibility index (Phi) is 2.30. The zero-order chi connectivity index (χ0) is 9.26. The Bertz CT molecular complexity index is 317. The zero-order valence-corrected chi connectivity index (χ0v) is 7.67. The maximum Gasteiger partial charge on any atom is 0.217 e. The lowest BCUT2D eigenvalue weighted by Gasteiger charge is -2.03. The van der Waals surface area contributed by atoms with E-state index in [9.17, 15) is 0 Å². The molecule has 5 heteroatoms. The highest BCUT2D eigenvalue weighted by molar-refractivity contribution is 7.80. The van der Waals surface area contributed by atoms with Crippen LogP contribution in [-0.4, -0.2) is 18.2 Å². The van der Waals surface area contributed by atoms with E-state index in [0.29, 0.717) is 24.7 Å². The van der Waals surface area contributed by atoms with Crippen molar-refractivity contribution in [2.75, 3.05) is 13.2 Å². The first-order valence-corrected chi connectivity index (χ1v) is 4.31. The molecule has 70 valence electrons. The molecule has 1 saturated heterocycles. The second-order valence-electron chi connectivity index (χ2n) is 2.64. The third-order valence-electron chi connectivity index (χ3n) is 1.72. The molecular weight excluding hydrogens is 190 g/mol. The van der Waals surface area contributed by atoms with Crippen molar-refractivity contribution in [3.05, 3.63) is 23.7 Å². The molecule has 1 aromatic rings. The lowest BCUT2D eigenvalue weighted by atomic mass is 10.4. The molecule has 0 bridgehead atoms. The van der Waals surface area contributed by atoms with Crippen molar-refractivity contribution in [2.24, 2.45) is 5.73 Å². The Morgan fingerprint density at radius 2 is 2.08 bits per heavy atom. The predicted octanol–water partition coefficient (Wildman–Crippen LogP) is 0.959. The quantitative estimate of drug-likeness (QED) is 0.719. The van der Waals surface area contributed by atoms with Crippen molar-refractivity contribution >= 4 is 17.2 Å². The van der Waals surface area contributed by atoms with Gasteiger partial charge in [-0.1, -0.05) is 12.2 Å². The summed E-state index contributed by atoms with van der Waals surface area (Å²) in [6.45, 7) is 1.18. The third-order valence-corrected chi connectivity index (χ3v) is 1.92. The first kappa shape index (κ1) is 8.68. The number of nitrogens with two attached hydrogens (primary N) is 1. The molecule has 0 unspecified atom stereocenters. The average Bonchev–Trinajstić information content (AvgIpc) is 2.75. The van der Waals surface area contributed by atoms with Crippen molar-refractivity contribution in [1.82, 2.24) is 0 Å². The number of thiocarbonyl (C=S) groups is 1. The van der Waals surface area contributed by atoms with Gasteiger partial charge in [-0.3, -0.25) is 0 Å². The van der Waals surface area contributed by atoms with Crippen molar-refractivity contribution in [2.45, 2.75) is 6.29 Å². The summed E-state index contributed by atoms with van der Waals surface area (Å²) in [7, 11) is 0. The standard InChI is InChI=1S/C8H9NO3S/c9-7(13)5-1-2-6(12-5)8-10-3-4-11-8/h1-2,8H,3-4H2,(H2,9,13). The molecule has 1 aliphatic heterocycles. The lowest BCUT2D eigenvalue weighted by Crippen LogP contribution is -2.07. The Labute approximate surface area is 80.6 Å². The smallest absolute Gasteiger partial charge is 0.217 e. The van der Waals surface area contributed by atoms with Gasteiger partial charge in [-0.2, -0.15) is 0 Å². The number of hydrogen-bond acceptors (Lipinski definition) is 4. The summed E-state index contributed by atoms with van der Waals surface area (Å²) >= 11 is 4.75. The van der Waals surface area contributed by atoms with E-state index in [1.54, 1.807) is 12.1 Å². The highest BCUT2D eigenvalue weighted by atomic mass is 32.1. The molecule has 2 N–H and O–H groups in total. The molecule has 0 aliphatic carbocycles.